The summed E-state index contributed by atoms with van der Waals surface area (Å²) in [6, 6.07) is 5.57. The van der Waals surface area contributed by atoms with E-state index in [2.05, 4.69) is 4.99 Å². The van der Waals surface area contributed by atoms with E-state index in [1.807, 2.05) is 25.1 Å². The maximum atomic E-state index is 12.4. The Morgan fingerprint density at radius 1 is 1.13 bits per heavy atom. The van der Waals surface area contributed by atoms with Crippen LogP contribution in [0, 0.1) is 0 Å². The highest BCUT2D eigenvalue weighted by molar-refractivity contribution is 7.92. The lowest BCUT2D eigenvalue weighted by atomic mass is 10.2. The molecule has 1 aliphatic rings. The quantitative estimate of drug-likeness (QED) is 0.665. The van der Waals surface area contributed by atoms with E-state index >= 15 is 0 Å². The average molecular weight is 454 g/mol. The topological polar surface area (TPSA) is 98.0 Å². The first kappa shape index (κ1) is 22.5. The number of aromatic nitrogens is 1. The second-order valence-corrected chi connectivity index (χ2v) is 10.4. The number of hydrogen-bond donors (Lipinski definition) is 0. The number of carbonyl (C=O) groups is 2. The fourth-order valence-corrected chi connectivity index (χ4v) is 5.62. The molecule has 8 nitrogen and oxygen atoms in total. The number of benzene rings is 1. The average Bonchev–Trinajstić information content (AvgIpc) is 2.86. The smallest absolute Gasteiger partial charge is 0.263 e. The first-order valence-corrected chi connectivity index (χ1v) is 12.7. The van der Waals surface area contributed by atoms with Gasteiger partial charge in [-0.05, 0) is 38.0 Å². The molecule has 1 saturated heterocycles. The van der Waals surface area contributed by atoms with Gasteiger partial charge in [-0.2, -0.15) is 4.99 Å². The summed E-state index contributed by atoms with van der Waals surface area (Å²) in [5.41, 5.74) is 0.870. The minimum Gasteiger partial charge on any atom is -0.494 e. The van der Waals surface area contributed by atoms with Crippen molar-refractivity contribution in [1.82, 2.24) is 9.47 Å². The van der Waals surface area contributed by atoms with Gasteiger partial charge in [0.25, 0.3) is 5.91 Å². The van der Waals surface area contributed by atoms with Gasteiger partial charge in [-0.3, -0.25) is 9.59 Å². The van der Waals surface area contributed by atoms with Crippen molar-refractivity contribution >= 4 is 43.2 Å². The van der Waals surface area contributed by atoms with E-state index in [0.29, 0.717) is 24.5 Å². The summed E-state index contributed by atoms with van der Waals surface area (Å²) in [6.07, 6.45) is 3.86. The fraction of sp³-hybridized carbons (Fsp3) is 0.550. The summed E-state index contributed by atoms with van der Waals surface area (Å²) >= 11 is 1.28. The number of nitrogens with zero attached hydrogens (tertiary/aromatic N) is 3. The normalized spacial score (nSPS) is 15.9. The zero-order valence-corrected chi connectivity index (χ0v) is 18.9. The van der Waals surface area contributed by atoms with Crippen molar-refractivity contribution in [3.63, 3.8) is 0 Å². The summed E-state index contributed by atoms with van der Waals surface area (Å²) in [7, 11) is -2.11. The van der Waals surface area contributed by atoms with E-state index in [0.717, 1.165) is 41.6 Å². The Morgan fingerprint density at radius 3 is 2.50 bits per heavy atom. The predicted octanol–water partition coefficient (Wildman–Crippen LogP) is 1.88. The van der Waals surface area contributed by atoms with Gasteiger partial charge in [0.2, 0.25) is 5.91 Å². The van der Waals surface area contributed by atoms with Crippen LogP contribution in [-0.2, 0) is 26.5 Å². The van der Waals surface area contributed by atoms with Gasteiger partial charge in [0.15, 0.2) is 14.6 Å². The second-order valence-electron chi connectivity index (χ2n) is 7.34. The van der Waals surface area contributed by atoms with Gasteiger partial charge >= 0.3 is 0 Å². The van der Waals surface area contributed by atoms with Crippen molar-refractivity contribution in [3.8, 4) is 5.75 Å². The summed E-state index contributed by atoms with van der Waals surface area (Å²) in [5.74, 6) is -1.90. The zero-order valence-electron chi connectivity index (χ0n) is 17.3. The number of ether oxygens (including phenoxy) is 1. The zero-order chi connectivity index (χ0) is 21.7. The van der Waals surface area contributed by atoms with Crippen molar-refractivity contribution in [3.05, 3.63) is 23.0 Å². The number of hydrogen-bond acceptors (Lipinski definition) is 6. The van der Waals surface area contributed by atoms with Crippen LogP contribution in [-0.4, -0.2) is 60.9 Å². The Kier molecular flexibility index (Phi) is 7.30. The van der Waals surface area contributed by atoms with Crippen molar-refractivity contribution in [1.29, 1.82) is 0 Å². The molecule has 2 heterocycles. The van der Waals surface area contributed by atoms with Crippen LogP contribution >= 0.6 is 11.3 Å². The van der Waals surface area contributed by atoms with Crippen LogP contribution in [0.3, 0.4) is 0 Å². The number of amides is 2. The molecule has 0 aliphatic carbocycles. The third kappa shape index (κ3) is 5.69. The Balaban J connectivity index is 1.72. The molecule has 0 N–H and O–H groups in total. The van der Waals surface area contributed by atoms with Gasteiger partial charge < -0.3 is 14.2 Å². The molecule has 0 bridgehead atoms. The Hall–Kier alpha value is -2.20. The molecule has 164 valence electrons. The summed E-state index contributed by atoms with van der Waals surface area (Å²) in [6.45, 7) is 3.60. The van der Waals surface area contributed by atoms with Gasteiger partial charge in [-0.1, -0.05) is 24.2 Å². The standard InChI is InChI=1S/C20H27N3O5S2/c1-3-28-15-8-9-16-17(12-15)29-20(22(16)2)21-18(24)13-30(26,27)14-19(25)23-10-6-4-5-7-11-23/h8-9,12H,3-7,10-11,13-14H2,1-2H3. The molecule has 1 aliphatic heterocycles. The monoisotopic (exact) mass is 453 g/mol. The van der Waals surface area contributed by atoms with Crippen LogP contribution < -0.4 is 9.54 Å². The number of thiazole rings is 1. The summed E-state index contributed by atoms with van der Waals surface area (Å²) in [4.78, 5) is 30.7. The Morgan fingerprint density at radius 2 is 1.83 bits per heavy atom. The number of aryl methyl sites for hydroxylation is 1. The van der Waals surface area contributed by atoms with E-state index in [-0.39, 0.29) is 0 Å². The molecule has 2 amide bonds. The molecule has 0 spiro atoms. The van der Waals surface area contributed by atoms with E-state index < -0.39 is 33.2 Å². The predicted molar refractivity (Wildman–Crippen MR) is 116 cm³/mol. The van der Waals surface area contributed by atoms with E-state index in [4.69, 9.17) is 4.74 Å². The van der Waals surface area contributed by atoms with Crippen LogP contribution in [0.1, 0.15) is 32.6 Å². The van der Waals surface area contributed by atoms with Gasteiger partial charge in [0.05, 0.1) is 16.8 Å². The van der Waals surface area contributed by atoms with Crippen molar-refractivity contribution in [2.24, 2.45) is 12.0 Å². The molecule has 0 saturated carbocycles. The van der Waals surface area contributed by atoms with Crippen molar-refractivity contribution in [2.75, 3.05) is 31.2 Å². The van der Waals surface area contributed by atoms with Crippen molar-refractivity contribution < 1.29 is 22.7 Å². The molecule has 0 radical (unpaired) electrons. The fourth-order valence-electron chi connectivity index (χ4n) is 3.46. The Bertz CT molecular complexity index is 1090. The van der Waals surface area contributed by atoms with Crippen LogP contribution in [0.4, 0.5) is 0 Å². The van der Waals surface area contributed by atoms with Gasteiger partial charge in [-0.15, -0.1) is 0 Å². The molecule has 2 aromatic rings. The SMILES string of the molecule is CCOc1ccc2c(c1)sc(=NC(=O)CS(=O)(=O)CC(=O)N1CCCCCC1)n2C. The number of rotatable bonds is 6. The summed E-state index contributed by atoms with van der Waals surface area (Å²) < 4.78 is 32.9. The number of carbonyl (C=O) groups excluding carboxylic acids is 2. The van der Waals surface area contributed by atoms with Gasteiger partial charge in [0.1, 0.15) is 17.3 Å². The lowest BCUT2D eigenvalue weighted by Gasteiger charge is -2.19. The maximum Gasteiger partial charge on any atom is 0.263 e. The molecule has 1 fully saturated rings. The third-order valence-electron chi connectivity index (χ3n) is 4.96. The van der Waals surface area contributed by atoms with Gasteiger partial charge in [0, 0.05) is 20.1 Å². The molecule has 0 atom stereocenters. The van der Waals surface area contributed by atoms with E-state index in [1.54, 1.807) is 16.5 Å². The van der Waals surface area contributed by atoms with Gasteiger partial charge in [-0.25, -0.2) is 8.42 Å². The third-order valence-corrected chi connectivity index (χ3v) is 7.43. The Labute approximate surface area is 180 Å². The van der Waals surface area contributed by atoms with Crippen molar-refractivity contribution in [2.45, 2.75) is 32.6 Å². The second kappa shape index (κ2) is 9.74. The van der Waals surface area contributed by atoms with Crippen LogP contribution in [0.15, 0.2) is 23.2 Å². The van der Waals surface area contributed by atoms with Crippen LogP contribution in [0.5, 0.6) is 5.75 Å². The minimum atomic E-state index is -3.88. The first-order chi connectivity index (χ1) is 14.3. The summed E-state index contributed by atoms with van der Waals surface area (Å²) in [5, 5.41) is 0. The molecule has 10 heteroatoms. The lowest BCUT2D eigenvalue weighted by Crippen LogP contribution is -2.37. The highest BCUT2D eigenvalue weighted by Crippen LogP contribution is 2.22. The molecular weight excluding hydrogens is 426 g/mol. The molecule has 30 heavy (non-hydrogen) atoms. The highest BCUT2D eigenvalue weighted by Gasteiger charge is 2.25. The molecule has 1 aromatic heterocycles. The van der Waals surface area contributed by atoms with Crippen LogP contribution in [0.2, 0.25) is 0 Å². The van der Waals surface area contributed by atoms with E-state index in [9.17, 15) is 18.0 Å². The number of sulfone groups is 1. The molecule has 3 rings (SSSR count). The molecule has 0 unspecified atom stereocenters. The minimum absolute atomic E-state index is 0.401. The largest absolute Gasteiger partial charge is 0.494 e. The molecular formula is C20H27N3O5S2. The highest BCUT2D eigenvalue weighted by atomic mass is 32.2. The number of likely N-dealkylation sites (tertiary alicyclic amines) is 1. The molecule has 1 aromatic carbocycles. The van der Waals surface area contributed by atoms with Crippen LogP contribution in [0.25, 0.3) is 10.2 Å². The van der Waals surface area contributed by atoms with E-state index in [1.165, 1.54) is 11.3 Å². The number of fused-ring (bicyclic) bond motifs is 1. The lowest BCUT2D eigenvalue weighted by molar-refractivity contribution is -0.128. The maximum absolute atomic E-state index is 12.4. The first-order valence-electron chi connectivity index (χ1n) is 10.1.